The quantitative estimate of drug-likeness (QED) is 0.717. The van der Waals surface area contributed by atoms with Gasteiger partial charge in [-0.3, -0.25) is 0 Å². The van der Waals surface area contributed by atoms with Crippen molar-refractivity contribution >= 4 is 5.69 Å². The fraction of sp³-hybridized carbons (Fsp3) is 0.357. The van der Waals surface area contributed by atoms with Gasteiger partial charge in [0.25, 0.3) is 0 Å². The minimum Gasteiger partial charge on any atom is -0.475 e. The van der Waals surface area contributed by atoms with Gasteiger partial charge in [0.05, 0.1) is 25.0 Å². The van der Waals surface area contributed by atoms with E-state index in [0.29, 0.717) is 31.4 Å². The van der Waals surface area contributed by atoms with Crippen molar-refractivity contribution in [2.24, 2.45) is 0 Å². The Morgan fingerprint density at radius 1 is 1.20 bits per heavy atom. The van der Waals surface area contributed by atoms with Crippen molar-refractivity contribution < 1.29 is 19.0 Å². The Bertz CT molecular complexity index is 510. The van der Waals surface area contributed by atoms with E-state index in [1.54, 1.807) is 25.4 Å². The molecule has 0 unspecified atom stereocenters. The van der Waals surface area contributed by atoms with E-state index in [4.69, 9.17) is 19.0 Å². The summed E-state index contributed by atoms with van der Waals surface area (Å²) in [7, 11) is 1.63. The predicted molar refractivity (Wildman–Crippen MR) is 73.6 cm³/mol. The van der Waals surface area contributed by atoms with Crippen LogP contribution in [0, 0.1) is 0 Å². The van der Waals surface area contributed by atoms with E-state index in [1.165, 1.54) is 0 Å². The van der Waals surface area contributed by atoms with Crippen LogP contribution in [0.1, 0.15) is 11.5 Å². The summed E-state index contributed by atoms with van der Waals surface area (Å²) in [4.78, 5) is 4.17. The van der Waals surface area contributed by atoms with Crippen LogP contribution in [0.5, 0.6) is 5.88 Å². The lowest BCUT2D eigenvalue weighted by Gasteiger charge is -2.07. The number of pyridine rings is 1. The van der Waals surface area contributed by atoms with Crippen LogP contribution in [0.15, 0.2) is 34.9 Å². The van der Waals surface area contributed by atoms with Crippen LogP contribution >= 0.6 is 0 Å². The minimum atomic E-state index is -0.0882. The Labute approximate surface area is 117 Å². The largest absolute Gasteiger partial charge is 0.475 e. The van der Waals surface area contributed by atoms with Gasteiger partial charge in [-0.25, -0.2) is 4.98 Å². The van der Waals surface area contributed by atoms with Crippen molar-refractivity contribution in [3.05, 3.63) is 42.0 Å². The highest BCUT2D eigenvalue weighted by Gasteiger charge is 2.01. The molecule has 0 aliphatic carbocycles. The average Bonchev–Trinajstić information content (AvgIpc) is 2.95. The van der Waals surface area contributed by atoms with Crippen LogP contribution in [0.3, 0.4) is 0 Å². The lowest BCUT2D eigenvalue weighted by Crippen LogP contribution is -2.05. The van der Waals surface area contributed by atoms with E-state index in [0.717, 1.165) is 11.4 Å². The summed E-state index contributed by atoms with van der Waals surface area (Å²) in [5, 5.41) is 12.1. The molecule has 0 aliphatic rings. The van der Waals surface area contributed by atoms with E-state index in [-0.39, 0.29) is 6.61 Å². The van der Waals surface area contributed by atoms with E-state index < -0.39 is 0 Å². The van der Waals surface area contributed by atoms with Gasteiger partial charge >= 0.3 is 0 Å². The second-order valence-corrected chi connectivity index (χ2v) is 4.11. The molecule has 0 aliphatic heterocycles. The minimum absolute atomic E-state index is 0.0882. The van der Waals surface area contributed by atoms with Gasteiger partial charge in [-0.1, -0.05) is 0 Å². The number of nitrogens with zero attached hydrogens (tertiary/aromatic N) is 1. The van der Waals surface area contributed by atoms with E-state index in [1.807, 2.05) is 12.1 Å². The Balaban J connectivity index is 1.81. The maximum atomic E-state index is 8.91. The van der Waals surface area contributed by atoms with Crippen molar-refractivity contribution in [2.75, 3.05) is 25.6 Å². The number of anilines is 1. The second kappa shape index (κ2) is 7.52. The average molecular weight is 278 g/mol. The second-order valence-electron chi connectivity index (χ2n) is 4.11. The Morgan fingerprint density at radius 3 is 2.70 bits per heavy atom. The predicted octanol–water partition coefficient (Wildman–Crippen LogP) is 1.80. The zero-order valence-corrected chi connectivity index (χ0v) is 11.3. The van der Waals surface area contributed by atoms with Crippen LogP contribution in [-0.2, 0) is 17.9 Å². The topological polar surface area (TPSA) is 76.8 Å². The maximum absolute atomic E-state index is 8.91. The van der Waals surface area contributed by atoms with Crippen molar-refractivity contribution in [1.82, 2.24) is 4.98 Å². The van der Waals surface area contributed by atoms with Crippen molar-refractivity contribution in [3.8, 4) is 5.88 Å². The lowest BCUT2D eigenvalue weighted by molar-refractivity contribution is 0.144. The molecule has 0 spiro atoms. The van der Waals surface area contributed by atoms with Crippen molar-refractivity contribution in [1.29, 1.82) is 0 Å². The first-order chi connectivity index (χ1) is 9.81. The molecule has 0 radical (unpaired) electrons. The van der Waals surface area contributed by atoms with Crippen LogP contribution in [0.2, 0.25) is 0 Å². The molecule has 6 nitrogen and oxygen atoms in total. The number of furan rings is 1. The number of nitrogens with one attached hydrogen (secondary N) is 1. The number of hydrogen-bond acceptors (Lipinski definition) is 6. The Morgan fingerprint density at radius 2 is 2.05 bits per heavy atom. The number of methoxy groups -OCH3 is 1. The molecule has 0 aromatic carbocycles. The first kappa shape index (κ1) is 14.4. The summed E-state index contributed by atoms with van der Waals surface area (Å²) >= 11 is 0. The van der Waals surface area contributed by atoms with Gasteiger partial charge in [0.2, 0.25) is 5.88 Å². The molecule has 2 aromatic heterocycles. The fourth-order valence-corrected chi connectivity index (χ4v) is 1.59. The molecule has 2 rings (SSSR count). The highest BCUT2D eigenvalue weighted by Crippen LogP contribution is 2.14. The summed E-state index contributed by atoms with van der Waals surface area (Å²) in [6.07, 6.45) is 1.69. The summed E-state index contributed by atoms with van der Waals surface area (Å²) < 4.78 is 15.6. The molecule has 0 amide bonds. The SMILES string of the molecule is COCCOc1ccc(NCc2ccc(CO)o2)cn1. The molecule has 20 heavy (non-hydrogen) atoms. The molecule has 0 saturated carbocycles. The van der Waals surface area contributed by atoms with Crippen molar-refractivity contribution in [3.63, 3.8) is 0 Å². The van der Waals surface area contributed by atoms with Crippen molar-refractivity contribution in [2.45, 2.75) is 13.2 Å². The highest BCUT2D eigenvalue weighted by atomic mass is 16.5. The number of rotatable bonds is 8. The fourth-order valence-electron chi connectivity index (χ4n) is 1.59. The Kier molecular flexibility index (Phi) is 5.40. The molecule has 6 heteroatoms. The molecular weight excluding hydrogens is 260 g/mol. The van der Waals surface area contributed by atoms with Crippen LogP contribution < -0.4 is 10.1 Å². The number of hydrogen-bond donors (Lipinski definition) is 2. The van der Waals surface area contributed by atoms with Gasteiger partial charge in [-0.05, 0) is 18.2 Å². The summed E-state index contributed by atoms with van der Waals surface area (Å²) in [6, 6.07) is 7.25. The maximum Gasteiger partial charge on any atom is 0.213 e. The Hall–Kier alpha value is -2.05. The lowest BCUT2D eigenvalue weighted by atomic mass is 10.4. The number of aliphatic hydroxyl groups is 1. The van der Waals surface area contributed by atoms with Crippen LogP contribution in [0.4, 0.5) is 5.69 Å². The number of aromatic nitrogens is 1. The monoisotopic (exact) mass is 278 g/mol. The van der Waals surface area contributed by atoms with E-state index >= 15 is 0 Å². The molecule has 108 valence electrons. The standard InChI is InChI=1S/C14H18N2O4/c1-18-6-7-19-14-5-2-11(8-16-14)15-9-12-3-4-13(10-17)20-12/h2-5,8,15,17H,6-7,9-10H2,1H3. The molecule has 0 bridgehead atoms. The van der Waals surface area contributed by atoms with Gasteiger partial charge in [0.1, 0.15) is 24.7 Å². The zero-order chi connectivity index (χ0) is 14.2. The van der Waals surface area contributed by atoms with E-state index in [2.05, 4.69) is 10.3 Å². The number of aliphatic hydroxyl groups excluding tert-OH is 1. The third-order valence-electron chi connectivity index (χ3n) is 2.61. The van der Waals surface area contributed by atoms with Gasteiger partial charge in [0.15, 0.2) is 0 Å². The summed E-state index contributed by atoms with van der Waals surface area (Å²) in [5.74, 6) is 1.88. The molecule has 0 saturated heterocycles. The smallest absolute Gasteiger partial charge is 0.213 e. The number of ether oxygens (including phenoxy) is 2. The third-order valence-corrected chi connectivity index (χ3v) is 2.61. The third kappa shape index (κ3) is 4.25. The van der Waals surface area contributed by atoms with Crippen LogP contribution in [-0.4, -0.2) is 30.4 Å². The first-order valence-electron chi connectivity index (χ1n) is 6.32. The molecule has 2 N–H and O–H groups in total. The van der Waals surface area contributed by atoms with Gasteiger partial charge in [-0.2, -0.15) is 0 Å². The van der Waals surface area contributed by atoms with E-state index in [9.17, 15) is 0 Å². The summed E-state index contributed by atoms with van der Waals surface area (Å²) in [5.41, 5.74) is 0.867. The first-order valence-corrected chi connectivity index (χ1v) is 6.32. The highest BCUT2D eigenvalue weighted by molar-refractivity contribution is 5.42. The molecule has 0 fully saturated rings. The summed E-state index contributed by atoms with van der Waals surface area (Å²) in [6.45, 7) is 1.46. The zero-order valence-electron chi connectivity index (χ0n) is 11.3. The van der Waals surface area contributed by atoms with Gasteiger partial charge in [-0.15, -0.1) is 0 Å². The molecule has 2 aromatic rings. The van der Waals surface area contributed by atoms with Crippen LogP contribution in [0.25, 0.3) is 0 Å². The van der Waals surface area contributed by atoms with Gasteiger partial charge < -0.3 is 24.3 Å². The normalized spacial score (nSPS) is 10.5. The molecule has 0 atom stereocenters. The van der Waals surface area contributed by atoms with Gasteiger partial charge in [0, 0.05) is 13.2 Å². The molecular formula is C14H18N2O4. The molecule has 2 heterocycles.